The number of hydrogen-bond donors (Lipinski definition) is 1. The summed E-state index contributed by atoms with van der Waals surface area (Å²) in [6.07, 6.45) is 1.51. The van der Waals surface area contributed by atoms with E-state index < -0.39 is 0 Å². The molecule has 0 unspecified atom stereocenters. The van der Waals surface area contributed by atoms with Gasteiger partial charge in [0.05, 0.1) is 24.7 Å². The van der Waals surface area contributed by atoms with Crippen molar-refractivity contribution in [2.24, 2.45) is 5.92 Å². The molecule has 0 radical (unpaired) electrons. The Labute approximate surface area is 175 Å². The highest BCUT2D eigenvalue weighted by molar-refractivity contribution is 6.32. The largest absolute Gasteiger partial charge is 0.493 e. The van der Waals surface area contributed by atoms with Crippen LogP contribution in [-0.4, -0.2) is 43.5 Å². The number of para-hydroxylation sites is 1. The number of carbonyl (C=O) groups is 2. The van der Waals surface area contributed by atoms with Gasteiger partial charge in [0.1, 0.15) is 0 Å². The normalized spacial score (nSPS) is 16.2. The van der Waals surface area contributed by atoms with Crippen molar-refractivity contribution in [2.75, 3.05) is 32.1 Å². The molecule has 2 amide bonds. The Bertz CT molecular complexity index is 873. The van der Waals surface area contributed by atoms with Crippen molar-refractivity contribution in [3.05, 3.63) is 53.1 Å². The van der Waals surface area contributed by atoms with E-state index in [2.05, 4.69) is 5.32 Å². The van der Waals surface area contributed by atoms with Gasteiger partial charge >= 0.3 is 0 Å². The number of piperidine rings is 1. The Morgan fingerprint density at radius 3 is 2.69 bits per heavy atom. The number of anilines is 1. The van der Waals surface area contributed by atoms with E-state index in [1.165, 1.54) is 7.11 Å². The molecule has 29 heavy (non-hydrogen) atoms. The maximum atomic E-state index is 13.1. The van der Waals surface area contributed by atoms with Gasteiger partial charge in [-0.05, 0) is 44.0 Å². The second-order valence-electron chi connectivity index (χ2n) is 6.87. The van der Waals surface area contributed by atoms with Crippen LogP contribution < -0.4 is 14.8 Å². The lowest BCUT2D eigenvalue weighted by Gasteiger charge is -2.32. The molecule has 2 aromatic carbocycles. The van der Waals surface area contributed by atoms with E-state index in [4.69, 9.17) is 21.1 Å². The van der Waals surface area contributed by atoms with Gasteiger partial charge in [0.2, 0.25) is 5.91 Å². The summed E-state index contributed by atoms with van der Waals surface area (Å²) in [5, 5.41) is 3.25. The van der Waals surface area contributed by atoms with E-state index >= 15 is 0 Å². The third-order valence-corrected chi connectivity index (χ3v) is 5.17. The van der Waals surface area contributed by atoms with Crippen molar-refractivity contribution in [3.8, 4) is 11.5 Å². The van der Waals surface area contributed by atoms with E-state index in [9.17, 15) is 9.59 Å². The van der Waals surface area contributed by atoms with Crippen LogP contribution in [0.4, 0.5) is 5.69 Å². The molecule has 1 atom stereocenters. The first kappa shape index (κ1) is 21.0. The topological polar surface area (TPSA) is 67.9 Å². The number of nitrogens with zero attached hydrogens (tertiary/aromatic N) is 1. The molecule has 2 aromatic rings. The smallest absolute Gasteiger partial charge is 0.254 e. The van der Waals surface area contributed by atoms with E-state index in [-0.39, 0.29) is 17.7 Å². The van der Waals surface area contributed by atoms with Crippen LogP contribution in [0.1, 0.15) is 30.1 Å². The van der Waals surface area contributed by atoms with Crippen LogP contribution in [-0.2, 0) is 4.79 Å². The maximum absolute atomic E-state index is 13.1. The Morgan fingerprint density at radius 1 is 1.24 bits per heavy atom. The SMILES string of the molecule is CCOc1c(Cl)cc(C(=O)N2CCC[C@@H](C(=O)Nc3ccccc3)C2)cc1OC. The quantitative estimate of drug-likeness (QED) is 0.764. The average Bonchev–Trinajstić information content (AvgIpc) is 2.75. The molecule has 0 spiro atoms. The van der Waals surface area contributed by atoms with Gasteiger partial charge in [-0.2, -0.15) is 0 Å². The van der Waals surface area contributed by atoms with Gasteiger partial charge in [0, 0.05) is 24.3 Å². The number of halogens is 1. The second-order valence-corrected chi connectivity index (χ2v) is 7.28. The molecule has 3 rings (SSSR count). The molecule has 1 heterocycles. The highest BCUT2D eigenvalue weighted by Crippen LogP contribution is 2.37. The van der Waals surface area contributed by atoms with Crippen molar-refractivity contribution >= 4 is 29.1 Å². The predicted molar refractivity (Wildman–Crippen MR) is 113 cm³/mol. The molecule has 0 saturated carbocycles. The van der Waals surface area contributed by atoms with E-state index in [1.807, 2.05) is 37.3 Å². The molecule has 7 heteroatoms. The minimum Gasteiger partial charge on any atom is -0.493 e. The molecular formula is C22H25ClN2O4. The van der Waals surface area contributed by atoms with E-state index in [0.29, 0.717) is 41.8 Å². The number of amides is 2. The summed E-state index contributed by atoms with van der Waals surface area (Å²) < 4.78 is 10.8. The van der Waals surface area contributed by atoms with Crippen LogP contribution in [0, 0.1) is 5.92 Å². The Balaban J connectivity index is 1.72. The lowest BCUT2D eigenvalue weighted by Crippen LogP contribution is -2.43. The van der Waals surface area contributed by atoms with Gasteiger partial charge < -0.3 is 19.7 Å². The summed E-state index contributed by atoms with van der Waals surface area (Å²) in [7, 11) is 1.51. The van der Waals surface area contributed by atoms with Crippen molar-refractivity contribution in [1.82, 2.24) is 4.90 Å². The van der Waals surface area contributed by atoms with Gasteiger partial charge in [0.25, 0.3) is 5.91 Å². The molecule has 1 fully saturated rings. The van der Waals surface area contributed by atoms with Gasteiger partial charge in [-0.15, -0.1) is 0 Å². The van der Waals surface area contributed by atoms with Crippen LogP contribution in [0.15, 0.2) is 42.5 Å². The van der Waals surface area contributed by atoms with Crippen molar-refractivity contribution < 1.29 is 19.1 Å². The summed E-state index contributed by atoms with van der Waals surface area (Å²) in [6.45, 7) is 3.25. The number of carbonyl (C=O) groups excluding carboxylic acids is 2. The third kappa shape index (κ3) is 5.01. The molecule has 1 aliphatic heterocycles. The zero-order chi connectivity index (χ0) is 20.8. The fourth-order valence-corrected chi connectivity index (χ4v) is 3.72. The van der Waals surface area contributed by atoms with Crippen LogP contribution in [0.2, 0.25) is 5.02 Å². The standard InChI is InChI=1S/C22H25ClN2O4/c1-3-29-20-18(23)12-16(13-19(20)28-2)22(27)25-11-7-8-15(14-25)21(26)24-17-9-5-4-6-10-17/h4-6,9-10,12-13,15H,3,7-8,11,14H2,1-2H3,(H,24,26)/t15-/m1/s1. The molecule has 0 aliphatic carbocycles. The molecule has 1 aliphatic rings. The summed E-state index contributed by atoms with van der Waals surface area (Å²) in [6, 6.07) is 12.5. The summed E-state index contributed by atoms with van der Waals surface area (Å²) in [4.78, 5) is 27.4. The Kier molecular flexibility index (Phi) is 6.99. The molecule has 154 valence electrons. The number of hydrogen-bond acceptors (Lipinski definition) is 4. The number of methoxy groups -OCH3 is 1. The zero-order valence-electron chi connectivity index (χ0n) is 16.6. The van der Waals surface area contributed by atoms with Crippen LogP contribution >= 0.6 is 11.6 Å². The van der Waals surface area contributed by atoms with Crippen molar-refractivity contribution in [3.63, 3.8) is 0 Å². The van der Waals surface area contributed by atoms with Crippen molar-refractivity contribution in [2.45, 2.75) is 19.8 Å². The van der Waals surface area contributed by atoms with Gasteiger partial charge in [0.15, 0.2) is 11.5 Å². The minimum absolute atomic E-state index is 0.0731. The number of benzene rings is 2. The van der Waals surface area contributed by atoms with Gasteiger partial charge in [-0.1, -0.05) is 29.8 Å². The predicted octanol–water partition coefficient (Wildman–Crippen LogP) is 4.24. The molecule has 0 aromatic heterocycles. The number of likely N-dealkylation sites (tertiary alicyclic amines) is 1. The monoisotopic (exact) mass is 416 g/mol. The third-order valence-electron chi connectivity index (χ3n) is 4.89. The maximum Gasteiger partial charge on any atom is 0.254 e. The zero-order valence-corrected chi connectivity index (χ0v) is 17.4. The van der Waals surface area contributed by atoms with E-state index in [0.717, 1.165) is 18.5 Å². The van der Waals surface area contributed by atoms with E-state index in [1.54, 1.807) is 17.0 Å². The summed E-state index contributed by atoms with van der Waals surface area (Å²) in [5.41, 5.74) is 1.17. The molecule has 6 nitrogen and oxygen atoms in total. The summed E-state index contributed by atoms with van der Waals surface area (Å²) in [5.74, 6) is 0.333. The molecule has 1 saturated heterocycles. The van der Waals surface area contributed by atoms with Gasteiger partial charge in [-0.25, -0.2) is 0 Å². The first-order valence-electron chi connectivity index (χ1n) is 9.69. The average molecular weight is 417 g/mol. The highest BCUT2D eigenvalue weighted by Gasteiger charge is 2.29. The van der Waals surface area contributed by atoms with Crippen molar-refractivity contribution in [1.29, 1.82) is 0 Å². The molecule has 1 N–H and O–H groups in total. The number of rotatable bonds is 6. The minimum atomic E-state index is -0.257. The lowest BCUT2D eigenvalue weighted by molar-refractivity contribution is -0.121. The first-order valence-corrected chi connectivity index (χ1v) is 10.1. The molecule has 0 bridgehead atoms. The van der Waals surface area contributed by atoms with Crippen LogP contribution in [0.3, 0.4) is 0 Å². The first-order chi connectivity index (χ1) is 14.0. The Hall–Kier alpha value is -2.73. The fraction of sp³-hybridized carbons (Fsp3) is 0.364. The van der Waals surface area contributed by atoms with Gasteiger partial charge in [-0.3, -0.25) is 9.59 Å². The van der Waals surface area contributed by atoms with Crippen LogP contribution in [0.25, 0.3) is 0 Å². The lowest BCUT2D eigenvalue weighted by atomic mass is 9.96. The summed E-state index contributed by atoms with van der Waals surface area (Å²) >= 11 is 6.30. The number of ether oxygens (including phenoxy) is 2. The second kappa shape index (κ2) is 9.65. The van der Waals surface area contributed by atoms with Crippen LogP contribution in [0.5, 0.6) is 11.5 Å². The molecular weight excluding hydrogens is 392 g/mol. The number of nitrogens with one attached hydrogen (secondary N) is 1. The fourth-order valence-electron chi connectivity index (χ4n) is 3.45. The highest BCUT2D eigenvalue weighted by atomic mass is 35.5. The Morgan fingerprint density at radius 2 is 2.00 bits per heavy atom.